The van der Waals surface area contributed by atoms with E-state index < -0.39 is 5.60 Å². The molecule has 0 fully saturated rings. The molecule has 2 nitrogen and oxygen atoms in total. The number of benzene rings is 2. The van der Waals surface area contributed by atoms with Gasteiger partial charge in [-0.2, -0.15) is 0 Å². The maximum absolute atomic E-state index is 10.7. The zero-order valence-electron chi connectivity index (χ0n) is 11.3. The van der Waals surface area contributed by atoms with Gasteiger partial charge in [-0.05, 0) is 23.3 Å². The van der Waals surface area contributed by atoms with Crippen LogP contribution in [0.25, 0.3) is 10.8 Å². The van der Waals surface area contributed by atoms with E-state index in [1.165, 1.54) is 5.39 Å². The first-order chi connectivity index (χ1) is 8.50. The molecule has 2 aromatic carbocycles. The van der Waals surface area contributed by atoms with E-state index in [4.69, 9.17) is 0 Å². The van der Waals surface area contributed by atoms with Gasteiger partial charge >= 0.3 is 0 Å². The maximum Gasteiger partial charge on any atom is 0.0998 e. The largest absolute Gasteiger partial charge is 0.384 e. The van der Waals surface area contributed by atoms with E-state index >= 15 is 0 Å². The predicted octanol–water partition coefficient (Wildman–Crippen LogP) is 3.05. The highest BCUT2D eigenvalue weighted by atomic mass is 16.3. The minimum Gasteiger partial charge on any atom is -0.384 e. The second kappa shape index (κ2) is 5.09. The van der Waals surface area contributed by atoms with Crippen molar-refractivity contribution in [2.75, 3.05) is 6.54 Å². The van der Waals surface area contributed by atoms with E-state index in [9.17, 15) is 5.11 Å². The molecular formula is C16H21NO. The molecule has 0 amide bonds. The molecule has 1 atom stereocenters. The SMILES string of the molecule is CC(C)NCC(C)(O)c1cccc2ccccc12. The van der Waals surface area contributed by atoms with Crippen molar-refractivity contribution in [3.63, 3.8) is 0 Å². The lowest BCUT2D eigenvalue weighted by molar-refractivity contribution is 0.0564. The fourth-order valence-electron chi connectivity index (χ4n) is 2.19. The summed E-state index contributed by atoms with van der Waals surface area (Å²) in [5.74, 6) is 0. The van der Waals surface area contributed by atoms with E-state index in [0.29, 0.717) is 12.6 Å². The third-order valence-electron chi connectivity index (χ3n) is 3.22. The van der Waals surface area contributed by atoms with E-state index in [1.54, 1.807) is 0 Å². The van der Waals surface area contributed by atoms with Crippen LogP contribution in [-0.2, 0) is 5.60 Å². The monoisotopic (exact) mass is 243 g/mol. The Hall–Kier alpha value is -1.38. The van der Waals surface area contributed by atoms with Gasteiger partial charge in [-0.15, -0.1) is 0 Å². The molecule has 0 heterocycles. The Morgan fingerprint density at radius 2 is 1.78 bits per heavy atom. The standard InChI is InChI=1S/C16H21NO/c1-12(2)17-11-16(3,18)15-10-6-8-13-7-4-5-9-14(13)15/h4-10,12,17-18H,11H2,1-3H3. The average molecular weight is 243 g/mol. The molecule has 18 heavy (non-hydrogen) atoms. The Balaban J connectivity index is 2.40. The molecule has 2 N–H and O–H groups in total. The lowest BCUT2D eigenvalue weighted by Crippen LogP contribution is -2.38. The van der Waals surface area contributed by atoms with Crippen LogP contribution in [-0.4, -0.2) is 17.7 Å². The third-order valence-corrected chi connectivity index (χ3v) is 3.22. The van der Waals surface area contributed by atoms with Gasteiger partial charge in [0.15, 0.2) is 0 Å². The van der Waals surface area contributed by atoms with Gasteiger partial charge in [0.05, 0.1) is 5.60 Å². The van der Waals surface area contributed by atoms with E-state index in [2.05, 4.69) is 37.4 Å². The van der Waals surface area contributed by atoms with Crippen LogP contribution in [0.2, 0.25) is 0 Å². The number of aliphatic hydroxyl groups is 1. The quantitative estimate of drug-likeness (QED) is 0.865. The molecule has 0 bridgehead atoms. The smallest absolute Gasteiger partial charge is 0.0998 e. The summed E-state index contributed by atoms with van der Waals surface area (Å²) in [7, 11) is 0. The minimum absolute atomic E-state index is 0.367. The van der Waals surface area contributed by atoms with Crippen molar-refractivity contribution in [3.05, 3.63) is 48.0 Å². The summed E-state index contributed by atoms with van der Waals surface area (Å²) in [6, 6.07) is 14.6. The lowest BCUT2D eigenvalue weighted by atomic mass is 9.90. The molecule has 0 saturated heterocycles. The van der Waals surface area contributed by atoms with Crippen molar-refractivity contribution in [2.24, 2.45) is 0 Å². The van der Waals surface area contributed by atoms with Gasteiger partial charge in [0.2, 0.25) is 0 Å². The zero-order chi connectivity index (χ0) is 13.2. The average Bonchev–Trinajstić information content (AvgIpc) is 2.36. The predicted molar refractivity (Wildman–Crippen MR) is 76.7 cm³/mol. The number of hydrogen-bond donors (Lipinski definition) is 2. The second-order valence-corrected chi connectivity index (χ2v) is 5.34. The van der Waals surface area contributed by atoms with Crippen LogP contribution >= 0.6 is 0 Å². The summed E-state index contributed by atoms with van der Waals surface area (Å²) in [6.45, 7) is 6.58. The first-order valence-electron chi connectivity index (χ1n) is 6.45. The van der Waals surface area contributed by atoms with Crippen molar-refractivity contribution < 1.29 is 5.11 Å². The molecule has 0 aliphatic heterocycles. The Labute approximate surface area is 109 Å². The molecule has 96 valence electrons. The summed E-state index contributed by atoms with van der Waals surface area (Å²) < 4.78 is 0. The van der Waals surface area contributed by atoms with Crippen LogP contribution in [0.4, 0.5) is 0 Å². The van der Waals surface area contributed by atoms with Gasteiger partial charge in [-0.3, -0.25) is 0 Å². The zero-order valence-corrected chi connectivity index (χ0v) is 11.3. The van der Waals surface area contributed by atoms with Crippen molar-refractivity contribution in [1.82, 2.24) is 5.32 Å². The summed E-state index contributed by atoms with van der Waals surface area (Å²) in [4.78, 5) is 0. The molecule has 0 radical (unpaired) electrons. The van der Waals surface area contributed by atoms with Gasteiger partial charge < -0.3 is 10.4 Å². The van der Waals surface area contributed by atoms with Crippen LogP contribution < -0.4 is 5.32 Å². The first-order valence-corrected chi connectivity index (χ1v) is 6.45. The number of fused-ring (bicyclic) bond motifs is 1. The summed E-state index contributed by atoms with van der Waals surface area (Å²) in [5, 5.41) is 16.3. The van der Waals surface area contributed by atoms with Gasteiger partial charge in [-0.25, -0.2) is 0 Å². The van der Waals surface area contributed by atoms with Crippen LogP contribution in [0.15, 0.2) is 42.5 Å². The summed E-state index contributed by atoms with van der Waals surface area (Å²) >= 11 is 0. The van der Waals surface area contributed by atoms with Gasteiger partial charge in [0, 0.05) is 12.6 Å². The number of rotatable bonds is 4. The highest BCUT2D eigenvalue weighted by molar-refractivity contribution is 5.86. The Morgan fingerprint density at radius 3 is 2.50 bits per heavy atom. The van der Waals surface area contributed by atoms with Gasteiger partial charge in [0.25, 0.3) is 0 Å². The third kappa shape index (κ3) is 2.71. The highest BCUT2D eigenvalue weighted by Gasteiger charge is 2.24. The van der Waals surface area contributed by atoms with Crippen molar-refractivity contribution in [2.45, 2.75) is 32.4 Å². The summed E-state index contributed by atoms with van der Waals surface area (Å²) in [5.41, 5.74) is 0.124. The highest BCUT2D eigenvalue weighted by Crippen LogP contribution is 2.28. The molecule has 2 aromatic rings. The maximum atomic E-state index is 10.7. The van der Waals surface area contributed by atoms with E-state index in [-0.39, 0.29) is 0 Å². The molecule has 2 rings (SSSR count). The fourth-order valence-corrected chi connectivity index (χ4v) is 2.19. The van der Waals surface area contributed by atoms with Crippen LogP contribution in [0.1, 0.15) is 26.3 Å². The molecule has 0 spiro atoms. The van der Waals surface area contributed by atoms with E-state index in [1.807, 2.05) is 31.2 Å². The summed E-state index contributed by atoms with van der Waals surface area (Å²) in [6.07, 6.45) is 0. The lowest BCUT2D eigenvalue weighted by Gasteiger charge is -2.27. The molecule has 2 heteroatoms. The molecule has 1 unspecified atom stereocenters. The Bertz CT molecular complexity index is 526. The van der Waals surface area contributed by atoms with Crippen molar-refractivity contribution in [1.29, 1.82) is 0 Å². The molecule has 0 saturated carbocycles. The molecule has 0 aromatic heterocycles. The Morgan fingerprint density at radius 1 is 1.11 bits per heavy atom. The van der Waals surface area contributed by atoms with Crippen molar-refractivity contribution >= 4 is 10.8 Å². The van der Waals surface area contributed by atoms with Gasteiger partial charge in [0.1, 0.15) is 0 Å². The number of nitrogens with one attached hydrogen (secondary N) is 1. The van der Waals surface area contributed by atoms with Crippen molar-refractivity contribution in [3.8, 4) is 0 Å². The van der Waals surface area contributed by atoms with E-state index in [0.717, 1.165) is 10.9 Å². The minimum atomic E-state index is -0.856. The normalized spacial score (nSPS) is 14.9. The van der Waals surface area contributed by atoms with Gasteiger partial charge in [-0.1, -0.05) is 56.3 Å². The second-order valence-electron chi connectivity index (χ2n) is 5.34. The molecule has 0 aliphatic rings. The number of hydrogen-bond acceptors (Lipinski definition) is 2. The molecular weight excluding hydrogens is 222 g/mol. The Kier molecular flexibility index (Phi) is 3.69. The first kappa shape index (κ1) is 13.1. The topological polar surface area (TPSA) is 32.3 Å². The van der Waals surface area contributed by atoms with Crippen LogP contribution in [0.5, 0.6) is 0 Å². The van der Waals surface area contributed by atoms with Crippen LogP contribution in [0, 0.1) is 0 Å². The van der Waals surface area contributed by atoms with Crippen LogP contribution in [0.3, 0.4) is 0 Å². The molecule has 0 aliphatic carbocycles. The fraction of sp³-hybridized carbons (Fsp3) is 0.375.